The maximum atomic E-state index is 11.9. The lowest BCUT2D eigenvalue weighted by molar-refractivity contribution is 0.0506. The number of alkyl carbamates (subject to hydrolysis) is 1. The molecule has 0 radical (unpaired) electrons. The summed E-state index contributed by atoms with van der Waals surface area (Å²) in [6, 6.07) is 0.201. The maximum Gasteiger partial charge on any atom is 0.408 e. The summed E-state index contributed by atoms with van der Waals surface area (Å²) in [6.07, 6.45) is 3.22. The van der Waals surface area contributed by atoms with Gasteiger partial charge in [0.1, 0.15) is 5.60 Å². The van der Waals surface area contributed by atoms with Crippen LogP contribution in [0.1, 0.15) is 59.3 Å². The van der Waals surface area contributed by atoms with Gasteiger partial charge < -0.3 is 14.6 Å². The Labute approximate surface area is 131 Å². The molecule has 6 heteroatoms. The summed E-state index contributed by atoms with van der Waals surface area (Å²) in [5.41, 5.74) is 0.500. The Morgan fingerprint density at radius 3 is 2.71 bits per heavy atom. The predicted molar refractivity (Wildman–Crippen MR) is 87.7 cm³/mol. The molecule has 0 aliphatic rings. The van der Waals surface area contributed by atoms with Crippen molar-refractivity contribution in [2.45, 2.75) is 59.2 Å². The van der Waals surface area contributed by atoms with E-state index in [9.17, 15) is 4.79 Å². The van der Waals surface area contributed by atoms with Gasteiger partial charge in [0.15, 0.2) is 0 Å². The Balaban J connectivity index is 2.68. The number of aromatic nitrogens is 2. The van der Waals surface area contributed by atoms with Crippen LogP contribution in [-0.4, -0.2) is 32.8 Å². The third-order valence-electron chi connectivity index (χ3n) is 2.91. The average Bonchev–Trinajstić information content (AvgIpc) is 2.82. The number of carbonyl (C=O) groups excluding carboxylic acids is 1. The molecule has 1 aromatic heterocycles. The van der Waals surface area contributed by atoms with E-state index in [1.165, 1.54) is 0 Å². The molecular weight excluding hydrogens is 286 g/mol. The fourth-order valence-electron chi connectivity index (χ4n) is 1.95. The van der Waals surface area contributed by atoms with Gasteiger partial charge in [0, 0.05) is 11.8 Å². The van der Waals surface area contributed by atoms with Gasteiger partial charge in [-0.2, -0.15) is 11.8 Å². The number of hydrogen-bond donors (Lipinski definition) is 1. The predicted octanol–water partition coefficient (Wildman–Crippen LogP) is 3.78. The molecule has 2 unspecified atom stereocenters. The second-order valence-corrected chi connectivity index (χ2v) is 7.42. The van der Waals surface area contributed by atoms with Gasteiger partial charge >= 0.3 is 6.09 Å². The van der Waals surface area contributed by atoms with Crippen LogP contribution in [0.25, 0.3) is 0 Å². The molecular formula is C15H27N3O2S. The summed E-state index contributed by atoms with van der Waals surface area (Å²) in [5.74, 6) is 2.12. The molecule has 1 heterocycles. The lowest BCUT2D eigenvalue weighted by Gasteiger charge is -2.23. The van der Waals surface area contributed by atoms with Crippen molar-refractivity contribution in [2.75, 3.05) is 11.5 Å². The van der Waals surface area contributed by atoms with Crippen LogP contribution in [0.2, 0.25) is 0 Å². The molecule has 0 bridgehead atoms. The molecule has 21 heavy (non-hydrogen) atoms. The molecule has 1 N–H and O–H groups in total. The Morgan fingerprint density at radius 2 is 2.14 bits per heavy atom. The first-order chi connectivity index (χ1) is 9.74. The van der Waals surface area contributed by atoms with Crippen molar-refractivity contribution in [3.63, 3.8) is 0 Å². The summed E-state index contributed by atoms with van der Waals surface area (Å²) in [6.45, 7) is 11.8. The van der Waals surface area contributed by atoms with Crippen LogP contribution in [0.4, 0.5) is 4.79 Å². The zero-order valence-electron chi connectivity index (χ0n) is 13.8. The van der Waals surface area contributed by atoms with Gasteiger partial charge in [-0.05, 0) is 40.4 Å². The van der Waals surface area contributed by atoms with E-state index in [-0.39, 0.29) is 6.04 Å². The van der Waals surface area contributed by atoms with Gasteiger partial charge in [-0.15, -0.1) is 0 Å². The molecule has 0 aliphatic heterocycles. The standard InChI is InChI=1S/C15H27N3O2S/c1-7-21-9-11(2)18-10-16-8-13(18)12(3)17-14(19)20-15(4,5)6/h8,10-12H,7,9H2,1-6H3,(H,17,19). The summed E-state index contributed by atoms with van der Waals surface area (Å²) in [5, 5.41) is 2.86. The van der Waals surface area contributed by atoms with E-state index in [1.807, 2.05) is 45.8 Å². The highest BCUT2D eigenvalue weighted by Crippen LogP contribution is 2.20. The first-order valence-electron chi connectivity index (χ1n) is 7.33. The lowest BCUT2D eigenvalue weighted by atomic mass is 10.2. The fourth-order valence-corrected chi connectivity index (χ4v) is 2.68. The van der Waals surface area contributed by atoms with Crippen LogP contribution in [0, 0.1) is 0 Å². The minimum Gasteiger partial charge on any atom is -0.444 e. The molecule has 0 fully saturated rings. The van der Waals surface area contributed by atoms with Crippen molar-refractivity contribution < 1.29 is 9.53 Å². The SMILES string of the molecule is CCSCC(C)n1cncc1C(C)NC(=O)OC(C)(C)C. The third kappa shape index (κ3) is 5.99. The van der Waals surface area contributed by atoms with Gasteiger partial charge in [-0.25, -0.2) is 9.78 Å². The number of amides is 1. The van der Waals surface area contributed by atoms with Crippen LogP contribution in [-0.2, 0) is 4.74 Å². The molecule has 1 rings (SSSR count). The molecule has 0 aliphatic carbocycles. The number of rotatable bonds is 6. The second kappa shape index (κ2) is 7.73. The third-order valence-corrected chi connectivity index (χ3v) is 4.04. The fraction of sp³-hybridized carbons (Fsp3) is 0.733. The van der Waals surface area contributed by atoms with Crippen molar-refractivity contribution in [1.29, 1.82) is 0 Å². The smallest absolute Gasteiger partial charge is 0.408 e. The topological polar surface area (TPSA) is 56.2 Å². The number of carbonyl (C=O) groups is 1. The Morgan fingerprint density at radius 1 is 1.48 bits per heavy atom. The van der Waals surface area contributed by atoms with Crippen molar-refractivity contribution in [1.82, 2.24) is 14.9 Å². The molecule has 2 atom stereocenters. The number of thioether (sulfide) groups is 1. The summed E-state index contributed by atoms with van der Waals surface area (Å²) < 4.78 is 7.40. The molecule has 0 aromatic carbocycles. The summed E-state index contributed by atoms with van der Waals surface area (Å²) in [4.78, 5) is 16.1. The Bertz CT molecular complexity index is 454. The van der Waals surface area contributed by atoms with Crippen molar-refractivity contribution in [2.24, 2.45) is 0 Å². The highest BCUT2D eigenvalue weighted by Gasteiger charge is 2.21. The quantitative estimate of drug-likeness (QED) is 0.868. The van der Waals surface area contributed by atoms with Crippen LogP contribution in [0.5, 0.6) is 0 Å². The van der Waals surface area contributed by atoms with E-state index in [0.717, 1.165) is 17.2 Å². The zero-order valence-corrected chi connectivity index (χ0v) is 14.7. The highest BCUT2D eigenvalue weighted by atomic mass is 32.2. The lowest BCUT2D eigenvalue weighted by Crippen LogP contribution is -2.34. The molecule has 1 amide bonds. The van der Waals surface area contributed by atoms with Crippen LogP contribution in [0.15, 0.2) is 12.5 Å². The van der Waals surface area contributed by atoms with E-state index >= 15 is 0 Å². The molecule has 0 saturated heterocycles. The van der Waals surface area contributed by atoms with Gasteiger partial charge in [-0.1, -0.05) is 6.92 Å². The van der Waals surface area contributed by atoms with Crippen LogP contribution in [0.3, 0.4) is 0 Å². The maximum absolute atomic E-state index is 11.9. The monoisotopic (exact) mass is 313 g/mol. The number of nitrogens with zero attached hydrogens (tertiary/aromatic N) is 2. The van der Waals surface area contributed by atoms with Crippen LogP contribution >= 0.6 is 11.8 Å². The van der Waals surface area contributed by atoms with Crippen molar-refractivity contribution >= 4 is 17.9 Å². The minimum absolute atomic E-state index is 0.142. The average molecular weight is 313 g/mol. The van der Waals surface area contributed by atoms with Crippen molar-refractivity contribution in [3.8, 4) is 0 Å². The van der Waals surface area contributed by atoms with Gasteiger partial charge in [0.25, 0.3) is 0 Å². The molecule has 5 nitrogen and oxygen atoms in total. The number of hydrogen-bond acceptors (Lipinski definition) is 4. The van der Waals surface area contributed by atoms with Gasteiger partial charge in [0.05, 0.1) is 24.3 Å². The van der Waals surface area contributed by atoms with E-state index in [0.29, 0.717) is 6.04 Å². The Hall–Kier alpha value is -1.17. The largest absolute Gasteiger partial charge is 0.444 e. The van der Waals surface area contributed by atoms with E-state index in [2.05, 4.69) is 28.7 Å². The first-order valence-corrected chi connectivity index (χ1v) is 8.49. The normalized spacial score (nSPS) is 14.6. The summed E-state index contributed by atoms with van der Waals surface area (Å²) >= 11 is 1.90. The number of imidazole rings is 1. The number of nitrogens with one attached hydrogen (secondary N) is 1. The first kappa shape index (κ1) is 17.9. The molecule has 0 saturated carbocycles. The van der Waals surface area contributed by atoms with Gasteiger partial charge in [0.2, 0.25) is 0 Å². The zero-order chi connectivity index (χ0) is 16.0. The van der Waals surface area contributed by atoms with Gasteiger partial charge in [-0.3, -0.25) is 0 Å². The highest BCUT2D eigenvalue weighted by molar-refractivity contribution is 7.99. The van der Waals surface area contributed by atoms with Crippen molar-refractivity contribution in [3.05, 3.63) is 18.2 Å². The van der Waals surface area contributed by atoms with E-state index in [1.54, 1.807) is 6.20 Å². The summed E-state index contributed by atoms with van der Waals surface area (Å²) in [7, 11) is 0. The Kier molecular flexibility index (Phi) is 6.58. The second-order valence-electron chi connectivity index (χ2n) is 6.10. The molecule has 120 valence electrons. The molecule has 0 spiro atoms. The number of ether oxygens (including phenoxy) is 1. The minimum atomic E-state index is -0.491. The van der Waals surface area contributed by atoms with E-state index in [4.69, 9.17) is 4.74 Å². The van der Waals surface area contributed by atoms with Crippen LogP contribution < -0.4 is 5.32 Å². The van der Waals surface area contributed by atoms with E-state index < -0.39 is 11.7 Å². The molecule has 1 aromatic rings.